The lowest BCUT2D eigenvalue weighted by Gasteiger charge is -2.32. The molecule has 1 heterocycles. The molecule has 3 rings (SSSR count). The molecule has 0 spiro atoms. The molecule has 1 aliphatic rings. The van der Waals surface area contributed by atoms with E-state index in [4.69, 9.17) is 4.74 Å². The molecule has 0 radical (unpaired) electrons. The lowest BCUT2D eigenvalue weighted by atomic mass is 9.99. The number of rotatable bonds is 6. The summed E-state index contributed by atoms with van der Waals surface area (Å²) in [4.78, 5) is 4.94. The molecular formula is C21H30N2O. The summed E-state index contributed by atoms with van der Waals surface area (Å²) in [6.45, 7) is 11.1. The number of nitrogens with zero attached hydrogens (tertiary/aromatic N) is 2. The summed E-state index contributed by atoms with van der Waals surface area (Å²) in [5, 5.41) is 2.56. The van der Waals surface area contributed by atoms with Crippen molar-refractivity contribution in [2.24, 2.45) is 0 Å². The maximum absolute atomic E-state index is 5.99. The molecule has 2 aromatic rings. The molecule has 0 unspecified atom stereocenters. The van der Waals surface area contributed by atoms with E-state index in [2.05, 4.69) is 67.1 Å². The molecule has 0 N–H and O–H groups in total. The van der Waals surface area contributed by atoms with Crippen LogP contribution in [-0.2, 0) is 0 Å². The Morgan fingerprint density at radius 2 is 1.71 bits per heavy atom. The van der Waals surface area contributed by atoms with Crippen molar-refractivity contribution in [1.82, 2.24) is 9.80 Å². The van der Waals surface area contributed by atoms with Crippen LogP contribution < -0.4 is 4.74 Å². The number of hydrogen-bond acceptors (Lipinski definition) is 3. The van der Waals surface area contributed by atoms with Gasteiger partial charge in [0.15, 0.2) is 0 Å². The SMILES string of the molecule is CC(C)c1ccc2ccc(OCCCN3CCN(C)CC3)cc2c1. The van der Waals surface area contributed by atoms with Gasteiger partial charge in [-0.15, -0.1) is 0 Å². The summed E-state index contributed by atoms with van der Waals surface area (Å²) in [6.07, 6.45) is 1.09. The highest BCUT2D eigenvalue weighted by atomic mass is 16.5. The third-order valence-corrected chi connectivity index (χ3v) is 4.99. The number of piperazine rings is 1. The Morgan fingerprint density at radius 1 is 0.958 bits per heavy atom. The predicted octanol–water partition coefficient (Wildman–Crippen LogP) is 3.98. The molecule has 1 saturated heterocycles. The summed E-state index contributed by atoms with van der Waals surface area (Å²) < 4.78 is 5.99. The van der Waals surface area contributed by atoms with Crippen molar-refractivity contribution < 1.29 is 4.74 Å². The molecule has 3 heteroatoms. The summed E-state index contributed by atoms with van der Waals surface area (Å²) in [5.74, 6) is 1.55. The van der Waals surface area contributed by atoms with Crippen molar-refractivity contribution in [1.29, 1.82) is 0 Å². The molecule has 0 aliphatic carbocycles. The fourth-order valence-corrected chi connectivity index (χ4v) is 3.24. The van der Waals surface area contributed by atoms with Crippen molar-refractivity contribution in [3.05, 3.63) is 42.0 Å². The Kier molecular flexibility index (Phi) is 5.75. The third-order valence-electron chi connectivity index (χ3n) is 4.99. The molecule has 1 fully saturated rings. The monoisotopic (exact) mass is 326 g/mol. The number of benzene rings is 2. The maximum atomic E-state index is 5.99. The van der Waals surface area contributed by atoms with Gasteiger partial charge in [0.2, 0.25) is 0 Å². The number of ether oxygens (including phenoxy) is 1. The molecular weight excluding hydrogens is 296 g/mol. The highest BCUT2D eigenvalue weighted by molar-refractivity contribution is 5.84. The zero-order valence-corrected chi connectivity index (χ0v) is 15.3. The Morgan fingerprint density at radius 3 is 2.46 bits per heavy atom. The highest BCUT2D eigenvalue weighted by Crippen LogP contribution is 2.25. The first kappa shape index (κ1) is 17.2. The summed E-state index contributed by atoms with van der Waals surface area (Å²) in [6, 6.07) is 13.2. The Hall–Kier alpha value is -1.58. The molecule has 130 valence electrons. The Labute approximate surface area is 146 Å². The Bertz CT molecular complexity index is 660. The first-order valence-corrected chi connectivity index (χ1v) is 9.19. The van der Waals surface area contributed by atoms with Gasteiger partial charge in [0.1, 0.15) is 5.75 Å². The van der Waals surface area contributed by atoms with Gasteiger partial charge in [-0.2, -0.15) is 0 Å². The van der Waals surface area contributed by atoms with Crippen LogP contribution >= 0.6 is 0 Å². The van der Waals surface area contributed by atoms with Crippen molar-refractivity contribution in [2.45, 2.75) is 26.2 Å². The van der Waals surface area contributed by atoms with Crippen molar-refractivity contribution in [2.75, 3.05) is 46.4 Å². The molecule has 0 saturated carbocycles. The van der Waals surface area contributed by atoms with E-state index in [9.17, 15) is 0 Å². The summed E-state index contributed by atoms with van der Waals surface area (Å²) >= 11 is 0. The van der Waals surface area contributed by atoms with Gasteiger partial charge in [-0.3, -0.25) is 0 Å². The fourth-order valence-electron chi connectivity index (χ4n) is 3.24. The standard InChI is InChI=1S/C21H30N2O/c1-17(2)19-6-5-18-7-8-21(16-20(18)15-19)24-14-4-9-23-12-10-22(3)11-13-23/h5-8,15-17H,4,9-14H2,1-3H3. The minimum Gasteiger partial charge on any atom is -0.494 e. The van der Waals surface area contributed by atoms with Crippen molar-refractivity contribution in [3.63, 3.8) is 0 Å². The van der Waals surface area contributed by atoms with Gasteiger partial charge in [-0.05, 0) is 47.9 Å². The average molecular weight is 326 g/mol. The van der Waals surface area contributed by atoms with Crippen LogP contribution in [0.3, 0.4) is 0 Å². The number of hydrogen-bond donors (Lipinski definition) is 0. The molecule has 2 aromatic carbocycles. The second kappa shape index (κ2) is 8.00. The van der Waals surface area contributed by atoms with Gasteiger partial charge in [-0.1, -0.05) is 38.1 Å². The highest BCUT2D eigenvalue weighted by Gasteiger charge is 2.12. The zero-order valence-electron chi connectivity index (χ0n) is 15.3. The quantitative estimate of drug-likeness (QED) is 0.747. The molecule has 0 atom stereocenters. The van der Waals surface area contributed by atoms with Crippen molar-refractivity contribution >= 4 is 10.8 Å². The van der Waals surface area contributed by atoms with E-state index in [1.807, 2.05) is 0 Å². The van der Waals surface area contributed by atoms with Gasteiger partial charge in [-0.25, -0.2) is 0 Å². The topological polar surface area (TPSA) is 15.7 Å². The molecule has 1 aliphatic heterocycles. The zero-order chi connectivity index (χ0) is 16.9. The van der Waals surface area contributed by atoms with Gasteiger partial charge < -0.3 is 14.5 Å². The normalized spacial score (nSPS) is 16.8. The van der Waals surface area contributed by atoms with Crippen LogP contribution in [-0.4, -0.2) is 56.2 Å². The van der Waals surface area contributed by atoms with Crippen LogP contribution in [0.15, 0.2) is 36.4 Å². The first-order chi connectivity index (χ1) is 11.6. The lowest BCUT2D eigenvalue weighted by Crippen LogP contribution is -2.44. The van der Waals surface area contributed by atoms with Crippen LogP contribution in [0, 0.1) is 0 Å². The van der Waals surface area contributed by atoms with Gasteiger partial charge in [0, 0.05) is 32.7 Å². The van der Waals surface area contributed by atoms with E-state index in [0.29, 0.717) is 5.92 Å². The Balaban J connectivity index is 1.51. The van der Waals surface area contributed by atoms with E-state index < -0.39 is 0 Å². The summed E-state index contributed by atoms with van der Waals surface area (Å²) in [5.41, 5.74) is 1.38. The molecule has 0 amide bonds. The minimum atomic E-state index is 0.558. The number of fused-ring (bicyclic) bond motifs is 1. The van der Waals surface area contributed by atoms with E-state index in [-0.39, 0.29) is 0 Å². The van der Waals surface area contributed by atoms with Crippen LogP contribution in [0.5, 0.6) is 5.75 Å². The van der Waals surface area contributed by atoms with E-state index >= 15 is 0 Å². The third kappa shape index (κ3) is 4.49. The maximum Gasteiger partial charge on any atom is 0.119 e. The van der Waals surface area contributed by atoms with Crippen LogP contribution in [0.1, 0.15) is 31.7 Å². The molecule has 3 nitrogen and oxygen atoms in total. The van der Waals surface area contributed by atoms with E-state index in [1.165, 1.54) is 42.5 Å². The lowest BCUT2D eigenvalue weighted by molar-refractivity contribution is 0.145. The van der Waals surface area contributed by atoms with Gasteiger partial charge >= 0.3 is 0 Å². The largest absolute Gasteiger partial charge is 0.494 e. The van der Waals surface area contributed by atoms with Crippen molar-refractivity contribution in [3.8, 4) is 5.75 Å². The van der Waals surface area contributed by atoms with Crippen LogP contribution in [0.4, 0.5) is 0 Å². The number of likely N-dealkylation sites (N-methyl/N-ethyl adjacent to an activating group) is 1. The van der Waals surface area contributed by atoms with Crippen LogP contribution in [0.2, 0.25) is 0 Å². The van der Waals surface area contributed by atoms with Gasteiger partial charge in [0.05, 0.1) is 6.61 Å². The predicted molar refractivity (Wildman–Crippen MR) is 102 cm³/mol. The van der Waals surface area contributed by atoms with E-state index in [0.717, 1.165) is 25.3 Å². The van der Waals surface area contributed by atoms with Gasteiger partial charge in [0.25, 0.3) is 0 Å². The molecule has 24 heavy (non-hydrogen) atoms. The second-order valence-corrected chi connectivity index (χ2v) is 7.27. The summed E-state index contributed by atoms with van der Waals surface area (Å²) in [7, 11) is 2.20. The van der Waals surface area contributed by atoms with Crippen LogP contribution in [0.25, 0.3) is 10.8 Å². The average Bonchev–Trinajstić information content (AvgIpc) is 2.59. The smallest absolute Gasteiger partial charge is 0.119 e. The van der Waals surface area contributed by atoms with E-state index in [1.54, 1.807) is 0 Å². The second-order valence-electron chi connectivity index (χ2n) is 7.27. The first-order valence-electron chi connectivity index (χ1n) is 9.19. The molecule has 0 bridgehead atoms. The molecule has 0 aromatic heterocycles. The minimum absolute atomic E-state index is 0.558. The fraction of sp³-hybridized carbons (Fsp3) is 0.524.